The Morgan fingerprint density at radius 3 is 2.47 bits per heavy atom. The highest BCUT2D eigenvalue weighted by Crippen LogP contribution is 2.25. The summed E-state index contributed by atoms with van der Waals surface area (Å²) in [7, 11) is 1.94. The third kappa shape index (κ3) is 4.09. The van der Waals surface area contributed by atoms with Crippen molar-refractivity contribution in [2.45, 2.75) is 39.0 Å². The number of rotatable bonds is 5. The van der Waals surface area contributed by atoms with Crippen LogP contribution in [0.25, 0.3) is 0 Å². The van der Waals surface area contributed by atoms with E-state index in [0.717, 1.165) is 0 Å². The topological polar surface area (TPSA) is 73.1 Å². The van der Waals surface area contributed by atoms with Crippen molar-refractivity contribution in [3.63, 3.8) is 0 Å². The summed E-state index contributed by atoms with van der Waals surface area (Å²) >= 11 is 0. The van der Waals surface area contributed by atoms with E-state index in [9.17, 15) is 15.1 Å². The van der Waals surface area contributed by atoms with Crippen LogP contribution in [-0.4, -0.2) is 34.2 Å². The number of benzene rings is 1. The molecule has 1 aromatic rings. The van der Waals surface area contributed by atoms with Gasteiger partial charge in [0.05, 0.1) is 12.7 Å². The van der Waals surface area contributed by atoms with Crippen LogP contribution in [0, 0.1) is 4.91 Å². The maximum atomic E-state index is 10.5. The molecule has 0 fully saturated rings. The number of likely N-dealkylation sites (N-methyl/N-ethyl adjacent to an activating group) is 1. The van der Waals surface area contributed by atoms with Crippen LogP contribution in [0.3, 0.4) is 0 Å². The van der Waals surface area contributed by atoms with Crippen LogP contribution in [-0.2, 0) is 6.61 Å². The van der Waals surface area contributed by atoms with Crippen molar-refractivity contribution in [2.24, 2.45) is 5.18 Å². The summed E-state index contributed by atoms with van der Waals surface area (Å²) in [5.41, 5.74) is 1.28. The first-order chi connectivity index (χ1) is 8.79. The predicted octanol–water partition coefficient (Wildman–Crippen LogP) is 2.34. The van der Waals surface area contributed by atoms with E-state index in [4.69, 9.17) is 0 Å². The van der Waals surface area contributed by atoms with Crippen molar-refractivity contribution in [1.82, 2.24) is 4.90 Å². The van der Waals surface area contributed by atoms with Crippen LogP contribution in [0.15, 0.2) is 23.4 Å². The second kappa shape index (κ2) is 6.23. The summed E-state index contributed by atoms with van der Waals surface area (Å²) in [5, 5.41) is 22.2. The lowest BCUT2D eigenvalue weighted by Gasteiger charge is -2.33. The van der Waals surface area contributed by atoms with E-state index in [1.807, 2.05) is 11.9 Å². The third-order valence-corrected chi connectivity index (χ3v) is 3.35. The maximum Gasteiger partial charge on any atom is 0.113 e. The lowest BCUT2D eigenvalue weighted by atomic mass is 10.0. The van der Waals surface area contributed by atoms with Gasteiger partial charge in [0.25, 0.3) is 0 Å². The Morgan fingerprint density at radius 2 is 2.00 bits per heavy atom. The molecular formula is C14H22N2O3. The van der Waals surface area contributed by atoms with Gasteiger partial charge in [0, 0.05) is 17.6 Å². The number of nitroso groups, excluding NO2 is 1. The molecule has 1 aromatic carbocycles. The molecule has 0 aliphatic heterocycles. The molecule has 0 aliphatic carbocycles. The van der Waals surface area contributed by atoms with Crippen molar-refractivity contribution >= 4 is 5.69 Å². The molecule has 1 rings (SSSR count). The van der Waals surface area contributed by atoms with E-state index in [1.54, 1.807) is 12.1 Å². The molecule has 0 heterocycles. The fourth-order valence-electron chi connectivity index (χ4n) is 1.67. The highest BCUT2D eigenvalue weighted by Gasteiger charge is 2.21. The monoisotopic (exact) mass is 266 g/mol. The first kappa shape index (κ1) is 15.8. The number of hydrogen-bond donors (Lipinski definition) is 2. The number of nitrogens with zero attached hydrogens (tertiary/aromatic N) is 2. The SMILES string of the molecule is CN(CC(O)c1ccc(N=O)c(CO)c1)C(C)(C)C. The fourth-order valence-corrected chi connectivity index (χ4v) is 1.67. The fraction of sp³-hybridized carbons (Fsp3) is 0.571. The van der Waals surface area contributed by atoms with Crippen LogP contribution >= 0.6 is 0 Å². The van der Waals surface area contributed by atoms with E-state index in [2.05, 4.69) is 25.9 Å². The molecule has 106 valence electrons. The first-order valence-electron chi connectivity index (χ1n) is 6.26. The zero-order valence-electron chi connectivity index (χ0n) is 11.9. The van der Waals surface area contributed by atoms with E-state index in [-0.39, 0.29) is 17.8 Å². The minimum absolute atomic E-state index is 0.0366. The second-order valence-corrected chi connectivity index (χ2v) is 5.70. The van der Waals surface area contributed by atoms with Gasteiger partial charge >= 0.3 is 0 Å². The van der Waals surface area contributed by atoms with Crippen LogP contribution in [0.1, 0.15) is 38.0 Å². The smallest absolute Gasteiger partial charge is 0.113 e. The molecular weight excluding hydrogens is 244 g/mol. The second-order valence-electron chi connectivity index (χ2n) is 5.70. The summed E-state index contributed by atoms with van der Waals surface area (Å²) < 4.78 is 0. The van der Waals surface area contributed by atoms with Crippen molar-refractivity contribution in [3.8, 4) is 0 Å². The highest BCUT2D eigenvalue weighted by atomic mass is 16.3. The molecule has 1 unspecified atom stereocenters. The Morgan fingerprint density at radius 1 is 1.37 bits per heavy atom. The van der Waals surface area contributed by atoms with Gasteiger partial charge in [0.15, 0.2) is 0 Å². The first-order valence-corrected chi connectivity index (χ1v) is 6.26. The Bertz CT molecular complexity index is 441. The van der Waals surface area contributed by atoms with E-state index in [0.29, 0.717) is 17.7 Å². The van der Waals surface area contributed by atoms with Gasteiger partial charge in [-0.25, -0.2) is 0 Å². The molecule has 1 atom stereocenters. The van der Waals surface area contributed by atoms with Gasteiger partial charge in [-0.05, 0) is 50.7 Å². The molecule has 5 nitrogen and oxygen atoms in total. The quantitative estimate of drug-likeness (QED) is 0.802. The van der Waals surface area contributed by atoms with Crippen molar-refractivity contribution < 1.29 is 10.2 Å². The Kier molecular flexibility index (Phi) is 5.17. The molecule has 0 radical (unpaired) electrons. The summed E-state index contributed by atoms with van der Waals surface area (Å²) in [4.78, 5) is 12.6. The van der Waals surface area contributed by atoms with E-state index >= 15 is 0 Å². The lowest BCUT2D eigenvalue weighted by Crippen LogP contribution is -2.40. The Hall–Kier alpha value is -1.30. The van der Waals surface area contributed by atoms with Gasteiger partial charge in [-0.2, -0.15) is 0 Å². The zero-order chi connectivity index (χ0) is 14.6. The number of hydrogen-bond acceptors (Lipinski definition) is 5. The summed E-state index contributed by atoms with van der Waals surface area (Å²) in [6.07, 6.45) is -0.671. The summed E-state index contributed by atoms with van der Waals surface area (Å²) in [5.74, 6) is 0. The molecule has 0 saturated heterocycles. The number of aliphatic hydroxyl groups excluding tert-OH is 2. The van der Waals surface area contributed by atoms with Gasteiger partial charge in [0.1, 0.15) is 5.69 Å². The van der Waals surface area contributed by atoms with E-state index in [1.165, 1.54) is 6.07 Å². The molecule has 0 spiro atoms. The summed E-state index contributed by atoms with van der Waals surface area (Å²) in [6.45, 7) is 6.41. The molecule has 0 bridgehead atoms. The number of β-amino-alcohol motifs (C(OH)–C–C–N with tert-alkyl or cyclic N) is 1. The zero-order valence-corrected chi connectivity index (χ0v) is 11.9. The molecule has 5 heteroatoms. The summed E-state index contributed by atoms with van der Waals surface area (Å²) in [6, 6.07) is 4.81. The van der Waals surface area contributed by atoms with Crippen molar-refractivity contribution in [1.29, 1.82) is 0 Å². The molecule has 19 heavy (non-hydrogen) atoms. The molecule has 0 aliphatic rings. The normalized spacial score (nSPS) is 13.6. The van der Waals surface area contributed by atoms with Crippen LogP contribution < -0.4 is 0 Å². The van der Waals surface area contributed by atoms with Crippen LogP contribution in [0.2, 0.25) is 0 Å². The Labute approximate surface area is 113 Å². The minimum Gasteiger partial charge on any atom is -0.392 e. The maximum absolute atomic E-state index is 10.5. The van der Waals surface area contributed by atoms with Gasteiger partial charge in [-0.1, -0.05) is 6.07 Å². The largest absolute Gasteiger partial charge is 0.392 e. The lowest BCUT2D eigenvalue weighted by molar-refractivity contribution is 0.0788. The van der Waals surface area contributed by atoms with Crippen molar-refractivity contribution in [2.75, 3.05) is 13.6 Å². The third-order valence-electron chi connectivity index (χ3n) is 3.35. The Balaban J connectivity index is 2.88. The van der Waals surface area contributed by atoms with E-state index < -0.39 is 6.10 Å². The van der Waals surface area contributed by atoms with Crippen LogP contribution in [0.4, 0.5) is 5.69 Å². The van der Waals surface area contributed by atoms with Gasteiger partial charge in [-0.3, -0.25) is 4.90 Å². The molecule has 0 amide bonds. The average molecular weight is 266 g/mol. The highest BCUT2D eigenvalue weighted by molar-refractivity contribution is 5.47. The number of aliphatic hydroxyl groups is 2. The molecule has 0 aromatic heterocycles. The van der Waals surface area contributed by atoms with Crippen LogP contribution in [0.5, 0.6) is 0 Å². The van der Waals surface area contributed by atoms with Crippen molar-refractivity contribution in [3.05, 3.63) is 34.2 Å². The van der Waals surface area contributed by atoms with Gasteiger partial charge in [-0.15, -0.1) is 4.91 Å². The van der Waals surface area contributed by atoms with Gasteiger partial charge in [0.2, 0.25) is 0 Å². The van der Waals surface area contributed by atoms with Gasteiger partial charge < -0.3 is 10.2 Å². The average Bonchev–Trinajstić information content (AvgIpc) is 2.36. The minimum atomic E-state index is -0.671. The molecule has 2 N–H and O–H groups in total. The predicted molar refractivity (Wildman–Crippen MR) is 75.2 cm³/mol. The standard InChI is InChI=1S/C14H22N2O3/c1-14(2,3)16(4)8-13(18)10-5-6-12(15-19)11(7-10)9-17/h5-7,13,17-18H,8-9H2,1-4H3. The molecule has 0 saturated carbocycles.